The summed E-state index contributed by atoms with van der Waals surface area (Å²) in [6.07, 6.45) is 1.44. The Labute approximate surface area is 105 Å². The SMILES string of the molecule is CNc1ncnc(-c2cc(F)ccc2OC)c1C. The third kappa shape index (κ3) is 2.11. The largest absolute Gasteiger partial charge is 0.496 e. The molecule has 1 aromatic carbocycles. The number of aromatic nitrogens is 2. The van der Waals surface area contributed by atoms with Crippen molar-refractivity contribution in [2.24, 2.45) is 0 Å². The lowest BCUT2D eigenvalue weighted by Gasteiger charge is -2.12. The van der Waals surface area contributed by atoms with Crippen molar-refractivity contribution in [3.8, 4) is 17.0 Å². The fourth-order valence-corrected chi connectivity index (χ4v) is 1.84. The molecule has 0 amide bonds. The second-order valence-corrected chi connectivity index (χ2v) is 3.79. The highest BCUT2D eigenvalue weighted by atomic mass is 19.1. The zero-order chi connectivity index (χ0) is 13.1. The Bertz CT molecular complexity index is 572. The molecule has 0 saturated heterocycles. The van der Waals surface area contributed by atoms with Crippen molar-refractivity contribution in [1.29, 1.82) is 0 Å². The molecule has 0 unspecified atom stereocenters. The molecular weight excluding hydrogens is 233 g/mol. The number of nitrogens with zero attached hydrogens (tertiary/aromatic N) is 2. The number of ether oxygens (including phenoxy) is 1. The second kappa shape index (κ2) is 5.00. The third-order valence-corrected chi connectivity index (χ3v) is 2.74. The molecule has 0 fully saturated rings. The number of hydrogen-bond donors (Lipinski definition) is 1. The predicted octanol–water partition coefficient (Wildman–Crippen LogP) is 2.64. The Kier molecular flexibility index (Phi) is 3.41. The molecule has 5 heteroatoms. The first-order valence-electron chi connectivity index (χ1n) is 5.50. The summed E-state index contributed by atoms with van der Waals surface area (Å²) in [7, 11) is 3.33. The topological polar surface area (TPSA) is 47.0 Å². The molecule has 0 atom stereocenters. The number of nitrogens with one attached hydrogen (secondary N) is 1. The fraction of sp³-hybridized carbons (Fsp3) is 0.231. The second-order valence-electron chi connectivity index (χ2n) is 3.79. The van der Waals surface area contributed by atoms with Crippen molar-refractivity contribution in [2.45, 2.75) is 6.92 Å². The summed E-state index contributed by atoms with van der Waals surface area (Å²) < 4.78 is 18.6. The Hall–Kier alpha value is -2.17. The molecule has 4 nitrogen and oxygen atoms in total. The first-order valence-corrected chi connectivity index (χ1v) is 5.50. The van der Waals surface area contributed by atoms with E-state index >= 15 is 0 Å². The van der Waals surface area contributed by atoms with Crippen LogP contribution in [0.2, 0.25) is 0 Å². The summed E-state index contributed by atoms with van der Waals surface area (Å²) >= 11 is 0. The van der Waals surface area contributed by atoms with Gasteiger partial charge in [-0.3, -0.25) is 0 Å². The van der Waals surface area contributed by atoms with Crippen molar-refractivity contribution >= 4 is 5.82 Å². The molecule has 1 N–H and O–H groups in total. The minimum Gasteiger partial charge on any atom is -0.496 e. The Morgan fingerprint density at radius 2 is 2.06 bits per heavy atom. The molecule has 0 saturated carbocycles. The molecule has 94 valence electrons. The quantitative estimate of drug-likeness (QED) is 0.905. The van der Waals surface area contributed by atoms with Gasteiger partial charge in [0.25, 0.3) is 0 Å². The molecular formula is C13H14FN3O. The monoisotopic (exact) mass is 247 g/mol. The van der Waals surface area contributed by atoms with Gasteiger partial charge in [0.05, 0.1) is 12.8 Å². The van der Waals surface area contributed by atoms with Crippen molar-refractivity contribution < 1.29 is 9.13 Å². The maximum absolute atomic E-state index is 13.4. The van der Waals surface area contributed by atoms with Gasteiger partial charge in [0.1, 0.15) is 23.7 Å². The first-order chi connectivity index (χ1) is 8.67. The molecule has 0 bridgehead atoms. The van der Waals surface area contributed by atoms with E-state index in [0.29, 0.717) is 22.8 Å². The van der Waals surface area contributed by atoms with Crippen LogP contribution >= 0.6 is 0 Å². The van der Waals surface area contributed by atoms with E-state index in [2.05, 4.69) is 15.3 Å². The molecule has 1 aromatic heterocycles. The molecule has 2 rings (SSSR count). The van der Waals surface area contributed by atoms with Gasteiger partial charge in [0.2, 0.25) is 0 Å². The summed E-state index contributed by atoms with van der Waals surface area (Å²) in [6.45, 7) is 1.88. The lowest BCUT2D eigenvalue weighted by Crippen LogP contribution is -2.00. The molecule has 2 aromatic rings. The maximum Gasteiger partial charge on any atom is 0.132 e. The minimum absolute atomic E-state index is 0.324. The normalized spacial score (nSPS) is 10.2. The zero-order valence-corrected chi connectivity index (χ0v) is 10.5. The van der Waals surface area contributed by atoms with Crippen LogP contribution in [-0.4, -0.2) is 24.1 Å². The smallest absolute Gasteiger partial charge is 0.132 e. The minimum atomic E-state index is -0.324. The van der Waals surface area contributed by atoms with Crippen molar-refractivity contribution in [3.05, 3.63) is 35.9 Å². The van der Waals surface area contributed by atoms with Gasteiger partial charge in [-0.2, -0.15) is 0 Å². The molecule has 1 heterocycles. The Morgan fingerprint density at radius 1 is 1.28 bits per heavy atom. The van der Waals surface area contributed by atoms with Gasteiger partial charge in [-0.05, 0) is 25.1 Å². The molecule has 0 spiro atoms. The van der Waals surface area contributed by atoms with Crippen molar-refractivity contribution in [3.63, 3.8) is 0 Å². The van der Waals surface area contributed by atoms with E-state index in [0.717, 1.165) is 5.56 Å². The highest BCUT2D eigenvalue weighted by molar-refractivity contribution is 5.73. The van der Waals surface area contributed by atoms with Gasteiger partial charge < -0.3 is 10.1 Å². The van der Waals surface area contributed by atoms with Crippen LogP contribution in [0.3, 0.4) is 0 Å². The summed E-state index contributed by atoms with van der Waals surface area (Å²) in [6, 6.07) is 4.36. The zero-order valence-electron chi connectivity index (χ0n) is 10.5. The van der Waals surface area contributed by atoms with Gasteiger partial charge in [-0.15, -0.1) is 0 Å². The van der Waals surface area contributed by atoms with E-state index in [-0.39, 0.29) is 5.82 Å². The molecule has 0 radical (unpaired) electrons. The van der Waals surface area contributed by atoms with E-state index < -0.39 is 0 Å². The van der Waals surface area contributed by atoms with Crippen LogP contribution < -0.4 is 10.1 Å². The molecule has 0 aliphatic heterocycles. The molecule has 0 aliphatic rings. The number of benzene rings is 1. The van der Waals surface area contributed by atoms with Crippen molar-refractivity contribution in [2.75, 3.05) is 19.5 Å². The van der Waals surface area contributed by atoms with Crippen LogP contribution in [0, 0.1) is 12.7 Å². The lowest BCUT2D eigenvalue weighted by atomic mass is 10.1. The Morgan fingerprint density at radius 3 is 2.72 bits per heavy atom. The number of rotatable bonds is 3. The van der Waals surface area contributed by atoms with Gasteiger partial charge in [0.15, 0.2) is 0 Å². The molecule has 0 aliphatic carbocycles. The average Bonchev–Trinajstić information content (AvgIpc) is 2.39. The van der Waals surface area contributed by atoms with Crippen molar-refractivity contribution in [1.82, 2.24) is 9.97 Å². The van der Waals surface area contributed by atoms with Gasteiger partial charge in [0, 0.05) is 18.2 Å². The summed E-state index contributed by atoms with van der Waals surface area (Å²) in [5, 5.41) is 2.97. The van der Waals surface area contributed by atoms with Crippen LogP contribution in [0.25, 0.3) is 11.3 Å². The summed E-state index contributed by atoms with van der Waals surface area (Å²) in [5.74, 6) is 0.974. The van der Waals surface area contributed by atoms with Crippen LogP contribution in [0.1, 0.15) is 5.56 Å². The maximum atomic E-state index is 13.4. The van der Waals surface area contributed by atoms with Crippen LogP contribution in [0.5, 0.6) is 5.75 Å². The van der Waals surface area contributed by atoms with E-state index in [1.807, 2.05) is 6.92 Å². The van der Waals surface area contributed by atoms with E-state index in [9.17, 15) is 4.39 Å². The third-order valence-electron chi connectivity index (χ3n) is 2.74. The first kappa shape index (κ1) is 12.3. The van der Waals surface area contributed by atoms with Crippen LogP contribution in [-0.2, 0) is 0 Å². The summed E-state index contributed by atoms with van der Waals surface area (Å²) in [5.41, 5.74) is 2.13. The van der Waals surface area contributed by atoms with E-state index in [1.165, 1.54) is 18.5 Å². The number of methoxy groups -OCH3 is 1. The van der Waals surface area contributed by atoms with Gasteiger partial charge in [-0.1, -0.05) is 0 Å². The van der Waals surface area contributed by atoms with Gasteiger partial charge in [-0.25, -0.2) is 14.4 Å². The Balaban J connectivity index is 2.64. The standard InChI is InChI=1S/C13H14FN3O/c1-8-12(16-7-17-13(8)15-2)10-6-9(14)4-5-11(10)18-3/h4-7H,1-3H3,(H,15,16,17). The van der Waals surface area contributed by atoms with Crippen LogP contribution in [0.4, 0.5) is 10.2 Å². The van der Waals surface area contributed by atoms with Gasteiger partial charge >= 0.3 is 0 Å². The van der Waals surface area contributed by atoms with Crippen LogP contribution in [0.15, 0.2) is 24.5 Å². The predicted molar refractivity (Wildman–Crippen MR) is 68.3 cm³/mol. The van der Waals surface area contributed by atoms with E-state index in [4.69, 9.17) is 4.74 Å². The number of halogens is 1. The highest BCUT2D eigenvalue weighted by Crippen LogP contribution is 2.32. The number of hydrogen-bond acceptors (Lipinski definition) is 4. The number of anilines is 1. The lowest BCUT2D eigenvalue weighted by molar-refractivity contribution is 0.415. The average molecular weight is 247 g/mol. The summed E-state index contributed by atoms with van der Waals surface area (Å²) in [4.78, 5) is 8.31. The fourth-order valence-electron chi connectivity index (χ4n) is 1.84. The highest BCUT2D eigenvalue weighted by Gasteiger charge is 2.13. The molecule has 18 heavy (non-hydrogen) atoms. The van der Waals surface area contributed by atoms with E-state index in [1.54, 1.807) is 20.2 Å².